The number of rotatable bonds is 7. The monoisotopic (exact) mass is 410 g/mol. The molecule has 0 aliphatic rings. The highest BCUT2D eigenvalue weighted by atomic mass is 32.1. The number of carbonyl (C=O) groups is 2. The van der Waals surface area contributed by atoms with Gasteiger partial charge in [-0.15, -0.1) is 11.3 Å². The van der Waals surface area contributed by atoms with Crippen molar-refractivity contribution in [1.82, 2.24) is 4.98 Å². The SMILES string of the molecule is Cc1cccc(C(C)C)c1NC(=O)[C@@H](C)OC(=O)CCc1nc2ccccc2s1. The number of nitrogens with one attached hydrogen (secondary N) is 1. The number of fused-ring (bicyclic) bond motifs is 1. The number of aryl methyl sites for hydroxylation is 2. The average Bonchev–Trinajstić information content (AvgIpc) is 3.10. The van der Waals surface area contributed by atoms with Crippen molar-refractivity contribution >= 4 is 39.1 Å². The predicted molar refractivity (Wildman–Crippen MR) is 117 cm³/mol. The summed E-state index contributed by atoms with van der Waals surface area (Å²) < 4.78 is 6.45. The minimum Gasteiger partial charge on any atom is -0.453 e. The Labute approximate surface area is 175 Å². The van der Waals surface area contributed by atoms with Crippen molar-refractivity contribution in [2.75, 3.05) is 5.32 Å². The van der Waals surface area contributed by atoms with Crippen molar-refractivity contribution in [1.29, 1.82) is 0 Å². The minimum absolute atomic E-state index is 0.194. The fourth-order valence-electron chi connectivity index (χ4n) is 3.11. The van der Waals surface area contributed by atoms with Crippen LogP contribution in [0.2, 0.25) is 0 Å². The lowest BCUT2D eigenvalue weighted by molar-refractivity contribution is -0.153. The van der Waals surface area contributed by atoms with E-state index >= 15 is 0 Å². The van der Waals surface area contributed by atoms with E-state index in [-0.39, 0.29) is 18.2 Å². The number of aromatic nitrogens is 1. The maximum Gasteiger partial charge on any atom is 0.306 e. The van der Waals surface area contributed by atoms with Crippen molar-refractivity contribution < 1.29 is 14.3 Å². The Bertz CT molecular complexity index is 993. The third kappa shape index (κ3) is 5.21. The van der Waals surface area contributed by atoms with Gasteiger partial charge in [0.05, 0.1) is 21.6 Å². The largest absolute Gasteiger partial charge is 0.453 e. The number of carbonyl (C=O) groups excluding carboxylic acids is 2. The summed E-state index contributed by atoms with van der Waals surface area (Å²) in [6.45, 7) is 7.71. The highest BCUT2D eigenvalue weighted by molar-refractivity contribution is 7.18. The zero-order chi connectivity index (χ0) is 21.0. The van der Waals surface area contributed by atoms with Crippen LogP contribution < -0.4 is 5.32 Å². The van der Waals surface area contributed by atoms with Crippen LogP contribution in [0, 0.1) is 6.92 Å². The van der Waals surface area contributed by atoms with Crippen molar-refractivity contribution in [2.45, 2.75) is 52.6 Å². The molecule has 1 aromatic heterocycles. The number of para-hydroxylation sites is 2. The van der Waals surface area contributed by atoms with Crippen LogP contribution in [0.3, 0.4) is 0 Å². The zero-order valence-electron chi connectivity index (χ0n) is 17.2. The van der Waals surface area contributed by atoms with Crippen LogP contribution in [0.15, 0.2) is 42.5 Å². The number of thiazole rings is 1. The van der Waals surface area contributed by atoms with Crippen LogP contribution >= 0.6 is 11.3 Å². The third-order valence-corrected chi connectivity index (χ3v) is 5.83. The molecular formula is C23H26N2O3S. The zero-order valence-corrected chi connectivity index (χ0v) is 18.0. The lowest BCUT2D eigenvalue weighted by Crippen LogP contribution is -2.30. The summed E-state index contributed by atoms with van der Waals surface area (Å²) in [6.07, 6.45) is -0.168. The average molecular weight is 411 g/mol. The number of nitrogens with zero attached hydrogens (tertiary/aromatic N) is 1. The van der Waals surface area contributed by atoms with E-state index in [1.807, 2.05) is 49.4 Å². The summed E-state index contributed by atoms with van der Waals surface area (Å²) in [5.74, 6) is -0.452. The molecule has 0 aliphatic carbocycles. The summed E-state index contributed by atoms with van der Waals surface area (Å²) in [6, 6.07) is 13.8. The number of hydrogen-bond acceptors (Lipinski definition) is 5. The molecule has 29 heavy (non-hydrogen) atoms. The molecule has 2 aromatic carbocycles. The van der Waals surface area contributed by atoms with Gasteiger partial charge in [0.1, 0.15) is 0 Å². The molecule has 1 N–H and O–H groups in total. The number of anilines is 1. The van der Waals surface area contributed by atoms with Crippen LogP contribution in [0.25, 0.3) is 10.2 Å². The van der Waals surface area contributed by atoms with Gasteiger partial charge in [-0.1, -0.05) is 44.2 Å². The van der Waals surface area contributed by atoms with Gasteiger partial charge in [0.2, 0.25) is 0 Å². The summed E-state index contributed by atoms with van der Waals surface area (Å²) >= 11 is 1.57. The molecule has 0 saturated heterocycles. The highest BCUT2D eigenvalue weighted by Crippen LogP contribution is 2.27. The number of benzene rings is 2. The van der Waals surface area contributed by atoms with Crippen molar-refractivity contribution in [3.05, 3.63) is 58.6 Å². The van der Waals surface area contributed by atoms with Crippen molar-refractivity contribution in [3.8, 4) is 0 Å². The Kier molecular flexibility index (Phi) is 6.64. The van der Waals surface area contributed by atoms with Gasteiger partial charge in [-0.05, 0) is 43.0 Å². The van der Waals surface area contributed by atoms with E-state index in [0.29, 0.717) is 6.42 Å². The molecule has 1 heterocycles. The molecule has 3 rings (SSSR count). The Morgan fingerprint density at radius 2 is 1.86 bits per heavy atom. The number of hydrogen-bond donors (Lipinski definition) is 1. The van der Waals surface area contributed by atoms with E-state index in [2.05, 4.69) is 24.1 Å². The molecule has 0 spiro atoms. The number of amides is 1. The smallest absolute Gasteiger partial charge is 0.306 e. The first-order valence-corrected chi connectivity index (χ1v) is 10.6. The second kappa shape index (κ2) is 9.18. The third-order valence-electron chi connectivity index (χ3n) is 4.73. The molecule has 0 unspecified atom stereocenters. The summed E-state index contributed by atoms with van der Waals surface area (Å²) in [4.78, 5) is 29.3. The molecule has 1 atom stereocenters. The van der Waals surface area contributed by atoms with E-state index in [0.717, 1.165) is 32.0 Å². The molecule has 152 valence electrons. The first-order valence-electron chi connectivity index (χ1n) is 9.79. The molecule has 5 nitrogen and oxygen atoms in total. The summed E-state index contributed by atoms with van der Waals surface area (Å²) in [5.41, 5.74) is 3.78. The molecule has 6 heteroatoms. The lowest BCUT2D eigenvalue weighted by Gasteiger charge is -2.19. The van der Waals surface area contributed by atoms with Crippen LogP contribution in [0.4, 0.5) is 5.69 Å². The molecular weight excluding hydrogens is 384 g/mol. The minimum atomic E-state index is -0.863. The topological polar surface area (TPSA) is 68.3 Å². The highest BCUT2D eigenvalue weighted by Gasteiger charge is 2.20. The quantitative estimate of drug-likeness (QED) is 0.542. The normalized spacial score (nSPS) is 12.2. The van der Waals surface area contributed by atoms with Gasteiger partial charge in [0.15, 0.2) is 6.10 Å². The van der Waals surface area contributed by atoms with Gasteiger partial charge < -0.3 is 10.1 Å². The molecule has 0 radical (unpaired) electrons. The number of ether oxygens (including phenoxy) is 1. The summed E-state index contributed by atoms with van der Waals surface area (Å²) in [5, 5.41) is 3.82. The standard InChI is InChI=1S/C23H26N2O3S/c1-14(2)17-9-7-8-15(3)22(17)25-23(27)16(4)28-21(26)13-12-20-24-18-10-5-6-11-19(18)29-20/h5-11,14,16H,12-13H2,1-4H3,(H,25,27)/t16-/m1/s1. The first kappa shape index (κ1) is 21.0. The van der Waals surface area contributed by atoms with Gasteiger partial charge in [-0.25, -0.2) is 4.98 Å². The Morgan fingerprint density at radius 3 is 2.59 bits per heavy atom. The van der Waals surface area contributed by atoms with E-state index in [4.69, 9.17) is 4.74 Å². The van der Waals surface area contributed by atoms with Crippen molar-refractivity contribution in [3.63, 3.8) is 0 Å². The fraction of sp³-hybridized carbons (Fsp3) is 0.348. The summed E-state index contributed by atoms with van der Waals surface area (Å²) in [7, 11) is 0. The number of esters is 1. The van der Waals surface area contributed by atoms with E-state index in [1.165, 1.54) is 0 Å². The predicted octanol–water partition coefficient (Wildman–Crippen LogP) is 5.23. The first-order chi connectivity index (χ1) is 13.8. The van der Waals surface area contributed by atoms with E-state index < -0.39 is 12.1 Å². The maximum absolute atomic E-state index is 12.6. The molecule has 0 bridgehead atoms. The van der Waals surface area contributed by atoms with Gasteiger partial charge >= 0.3 is 5.97 Å². The van der Waals surface area contributed by atoms with Gasteiger partial charge in [-0.3, -0.25) is 9.59 Å². The molecule has 0 aliphatic heterocycles. The molecule has 1 amide bonds. The lowest BCUT2D eigenvalue weighted by atomic mass is 9.98. The molecule has 3 aromatic rings. The molecule has 0 saturated carbocycles. The van der Waals surface area contributed by atoms with Gasteiger partial charge in [0, 0.05) is 12.1 Å². The second-order valence-corrected chi connectivity index (χ2v) is 8.51. The van der Waals surface area contributed by atoms with Crippen LogP contribution in [-0.2, 0) is 20.7 Å². The van der Waals surface area contributed by atoms with Gasteiger partial charge in [-0.2, -0.15) is 0 Å². The van der Waals surface area contributed by atoms with E-state index in [9.17, 15) is 9.59 Å². The Hall–Kier alpha value is -2.73. The van der Waals surface area contributed by atoms with E-state index in [1.54, 1.807) is 18.3 Å². The van der Waals surface area contributed by atoms with Crippen LogP contribution in [0.1, 0.15) is 49.2 Å². The maximum atomic E-state index is 12.6. The van der Waals surface area contributed by atoms with Crippen LogP contribution in [-0.4, -0.2) is 23.0 Å². The van der Waals surface area contributed by atoms with Gasteiger partial charge in [0.25, 0.3) is 5.91 Å². The Balaban J connectivity index is 1.56. The Morgan fingerprint density at radius 1 is 1.10 bits per heavy atom. The second-order valence-electron chi connectivity index (χ2n) is 7.39. The van der Waals surface area contributed by atoms with Crippen molar-refractivity contribution in [2.24, 2.45) is 0 Å². The van der Waals surface area contributed by atoms with Crippen LogP contribution in [0.5, 0.6) is 0 Å². The molecule has 0 fully saturated rings. The fourth-order valence-corrected chi connectivity index (χ4v) is 4.08.